The molecule has 4 N–H and O–H groups in total. The van der Waals surface area contributed by atoms with E-state index in [4.69, 9.17) is 16.2 Å². The minimum Gasteiger partial charge on any atom is -0.381 e. The molecule has 1 atom stereocenters. The van der Waals surface area contributed by atoms with E-state index in [1.54, 1.807) is 0 Å². The fraction of sp³-hybridized carbons (Fsp3) is 0.875. The zero-order valence-corrected chi connectivity index (χ0v) is 7.59. The van der Waals surface area contributed by atoms with E-state index in [9.17, 15) is 4.79 Å². The number of hydrogen-bond acceptors (Lipinski definition) is 3. The van der Waals surface area contributed by atoms with Crippen molar-refractivity contribution in [3.8, 4) is 0 Å². The molecule has 4 nitrogen and oxygen atoms in total. The monoisotopic (exact) mass is 172 g/mol. The van der Waals surface area contributed by atoms with Gasteiger partial charge in [0.2, 0.25) is 5.91 Å². The Labute approximate surface area is 72.2 Å². The van der Waals surface area contributed by atoms with Crippen LogP contribution in [0, 0.1) is 5.41 Å². The van der Waals surface area contributed by atoms with Crippen LogP contribution in [-0.4, -0.2) is 24.7 Å². The Morgan fingerprint density at radius 3 is 2.42 bits per heavy atom. The van der Waals surface area contributed by atoms with Crippen LogP contribution in [0.2, 0.25) is 0 Å². The SMILES string of the molecule is CC1(C)COCCC1(N)C(N)=O. The number of rotatable bonds is 1. The van der Waals surface area contributed by atoms with E-state index in [2.05, 4.69) is 0 Å². The molecule has 12 heavy (non-hydrogen) atoms. The Morgan fingerprint density at radius 2 is 2.08 bits per heavy atom. The number of nitrogens with two attached hydrogens (primary N) is 2. The Balaban J connectivity index is 2.91. The molecule has 1 fully saturated rings. The third-order valence-corrected chi connectivity index (χ3v) is 2.75. The van der Waals surface area contributed by atoms with Gasteiger partial charge < -0.3 is 16.2 Å². The summed E-state index contributed by atoms with van der Waals surface area (Å²) >= 11 is 0. The Bertz CT molecular complexity index is 203. The summed E-state index contributed by atoms with van der Waals surface area (Å²) in [6.07, 6.45) is 0.509. The van der Waals surface area contributed by atoms with Gasteiger partial charge in [0.05, 0.1) is 6.61 Å². The smallest absolute Gasteiger partial charge is 0.238 e. The molecule has 0 aliphatic carbocycles. The van der Waals surface area contributed by atoms with Gasteiger partial charge in [-0.05, 0) is 6.42 Å². The Kier molecular flexibility index (Phi) is 2.14. The first-order chi connectivity index (χ1) is 5.40. The van der Waals surface area contributed by atoms with Crippen LogP contribution in [0.25, 0.3) is 0 Å². The molecule has 70 valence electrons. The third-order valence-electron chi connectivity index (χ3n) is 2.75. The molecule has 0 saturated carbocycles. The Morgan fingerprint density at radius 1 is 1.50 bits per heavy atom. The summed E-state index contributed by atoms with van der Waals surface area (Å²) in [7, 11) is 0. The molecule has 1 heterocycles. The first-order valence-corrected chi connectivity index (χ1v) is 4.07. The average molecular weight is 172 g/mol. The summed E-state index contributed by atoms with van der Waals surface area (Å²) in [5, 5.41) is 0. The van der Waals surface area contributed by atoms with Gasteiger partial charge in [0.15, 0.2) is 0 Å². The lowest BCUT2D eigenvalue weighted by atomic mass is 9.69. The van der Waals surface area contributed by atoms with Crippen LogP contribution in [0.3, 0.4) is 0 Å². The second-order valence-electron chi connectivity index (χ2n) is 4.02. The van der Waals surface area contributed by atoms with E-state index < -0.39 is 11.4 Å². The van der Waals surface area contributed by atoms with Gasteiger partial charge in [-0.15, -0.1) is 0 Å². The summed E-state index contributed by atoms with van der Waals surface area (Å²) in [6, 6.07) is 0. The van der Waals surface area contributed by atoms with Crippen molar-refractivity contribution in [3.05, 3.63) is 0 Å². The summed E-state index contributed by atoms with van der Waals surface area (Å²) in [6.45, 7) is 4.81. The lowest BCUT2D eigenvalue weighted by Crippen LogP contribution is -2.65. The molecule has 1 amide bonds. The molecule has 0 radical (unpaired) electrons. The van der Waals surface area contributed by atoms with E-state index >= 15 is 0 Å². The highest BCUT2D eigenvalue weighted by molar-refractivity contribution is 5.85. The summed E-state index contributed by atoms with van der Waals surface area (Å²) in [5.74, 6) is -0.434. The van der Waals surface area contributed by atoms with Crippen molar-refractivity contribution in [1.82, 2.24) is 0 Å². The van der Waals surface area contributed by atoms with Gasteiger partial charge in [-0.25, -0.2) is 0 Å². The maximum Gasteiger partial charge on any atom is 0.238 e. The predicted octanol–water partition coefficient (Wildman–Crippen LogP) is -0.384. The zero-order chi connectivity index (χ0) is 9.41. The minimum atomic E-state index is -0.911. The normalized spacial score (nSPS) is 34.6. The van der Waals surface area contributed by atoms with Crippen LogP contribution in [0.15, 0.2) is 0 Å². The highest BCUT2D eigenvalue weighted by Gasteiger charge is 2.48. The lowest BCUT2D eigenvalue weighted by Gasteiger charge is -2.44. The molecule has 4 heteroatoms. The molecule has 1 rings (SSSR count). The number of hydrogen-bond donors (Lipinski definition) is 2. The molecule has 0 bridgehead atoms. The number of carbonyl (C=O) groups excluding carboxylic acids is 1. The highest BCUT2D eigenvalue weighted by atomic mass is 16.5. The molecule has 0 aromatic carbocycles. The lowest BCUT2D eigenvalue weighted by molar-refractivity contribution is -0.136. The molecule has 0 aromatic rings. The molecule has 1 saturated heterocycles. The summed E-state index contributed by atoms with van der Waals surface area (Å²) < 4.78 is 5.24. The van der Waals surface area contributed by atoms with E-state index in [-0.39, 0.29) is 5.41 Å². The van der Waals surface area contributed by atoms with Gasteiger partial charge in [-0.3, -0.25) is 4.79 Å². The Hall–Kier alpha value is -0.610. The van der Waals surface area contributed by atoms with Crippen molar-refractivity contribution in [2.24, 2.45) is 16.9 Å². The topological polar surface area (TPSA) is 78.3 Å². The van der Waals surface area contributed by atoms with Crippen molar-refractivity contribution in [2.75, 3.05) is 13.2 Å². The van der Waals surface area contributed by atoms with Crippen molar-refractivity contribution < 1.29 is 9.53 Å². The molecule has 1 unspecified atom stereocenters. The largest absolute Gasteiger partial charge is 0.381 e. The molecular weight excluding hydrogens is 156 g/mol. The van der Waals surface area contributed by atoms with E-state index in [1.807, 2.05) is 13.8 Å². The van der Waals surface area contributed by atoms with Crippen molar-refractivity contribution in [1.29, 1.82) is 0 Å². The summed E-state index contributed by atoms with van der Waals surface area (Å²) in [4.78, 5) is 11.1. The van der Waals surface area contributed by atoms with Gasteiger partial charge in [0.25, 0.3) is 0 Å². The number of ether oxygens (including phenoxy) is 1. The number of primary amides is 1. The predicted molar refractivity (Wildman–Crippen MR) is 45.3 cm³/mol. The quantitative estimate of drug-likeness (QED) is 0.565. The van der Waals surface area contributed by atoms with Crippen LogP contribution >= 0.6 is 0 Å². The standard InChI is InChI=1S/C8H16N2O2/c1-7(2)5-12-4-3-8(7,10)6(9)11/h3-5,10H2,1-2H3,(H2,9,11). The van der Waals surface area contributed by atoms with Gasteiger partial charge >= 0.3 is 0 Å². The van der Waals surface area contributed by atoms with E-state index in [1.165, 1.54) is 0 Å². The second kappa shape index (κ2) is 2.71. The fourth-order valence-electron chi connectivity index (χ4n) is 1.48. The molecule has 0 spiro atoms. The van der Waals surface area contributed by atoms with Gasteiger partial charge in [-0.1, -0.05) is 13.8 Å². The zero-order valence-electron chi connectivity index (χ0n) is 7.59. The van der Waals surface area contributed by atoms with Crippen LogP contribution in [0.5, 0.6) is 0 Å². The second-order valence-corrected chi connectivity index (χ2v) is 4.02. The van der Waals surface area contributed by atoms with Gasteiger partial charge in [0.1, 0.15) is 5.54 Å². The first-order valence-electron chi connectivity index (χ1n) is 4.07. The van der Waals surface area contributed by atoms with Crippen LogP contribution in [0.4, 0.5) is 0 Å². The van der Waals surface area contributed by atoms with Gasteiger partial charge in [0, 0.05) is 12.0 Å². The third kappa shape index (κ3) is 1.21. The fourth-order valence-corrected chi connectivity index (χ4v) is 1.48. The van der Waals surface area contributed by atoms with E-state index in [0.717, 1.165) is 0 Å². The van der Waals surface area contributed by atoms with E-state index in [0.29, 0.717) is 19.6 Å². The highest BCUT2D eigenvalue weighted by Crippen LogP contribution is 2.35. The molecular formula is C8H16N2O2. The number of carbonyl (C=O) groups is 1. The first kappa shape index (κ1) is 9.48. The molecule has 0 aromatic heterocycles. The van der Waals surface area contributed by atoms with Crippen molar-refractivity contribution >= 4 is 5.91 Å². The van der Waals surface area contributed by atoms with Crippen LogP contribution in [0.1, 0.15) is 20.3 Å². The minimum absolute atomic E-state index is 0.364. The van der Waals surface area contributed by atoms with Crippen LogP contribution in [-0.2, 0) is 9.53 Å². The maximum atomic E-state index is 11.1. The van der Waals surface area contributed by atoms with Crippen molar-refractivity contribution in [3.63, 3.8) is 0 Å². The van der Waals surface area contributed by atoms with Gasteiger partial charge in [-0.2, -0.15) is 0 Å². The summed E-state index contributed by atoms with van der Waals surface area (Å²) in [5.41, 5.74) is 9.91. The van der Waals surface area contributed by atoms with Crippen molar-refractivity contribution in [2.45, 2.75) is 25.8 Å². The molecule has 1 aliphatic heterocycles. The van der Waals surface area contributed by atoms with Crippen LogP contribution < -0.4 is 11.5 Å². The number of amides is 1. The maximum absolute atomic E-state index is 11.1. The molecule has 1 aliphatic rings. The average Bonchev–Trinajstić information content (AvgIpc) is 1.95.